The number of anilines is 1. The Kier molecular flexibility index (Phi) is 4.24. The summed E-state index contributed by atoms with van der Waals surface area (Å²) in [5, 5.41) is 6.93. The Morgan fingerprint density at radius 1 is 1.56 bits per heavy atom. The van der Waals surface area contributed by atoms with E-state index in [4.69, 9.17) is 5.73 Å². The van der Waals surface area contributed by atoms with Crippen molar-refractivity contribution in [2.45, 2.75) is 31.8 Å². The summed E-state index contributed by atoms with van der Waals surface area (Å²) < 4.78 is 0.880. The molecule has 1 aliphatic rings. The second-order valence-corrected chi connectivity index (χ2v) is 5.63. The van der Waals surface area contributed by atoms with Crippen LogP contribution in [0.5, 0.6) is 0 Å². The van der Waals surface area contributed by atoms with Gasteiger partial charge in [-0.25, -0.2) is 0 Å². The monoisotopic (exact) mass is 311 g/mol. The van der Waals surface area contributed by atoms with Crippen LogP contribution >= 0.6 is 15.9 Å². The van der Waals surface area contributed by atoms with Gasteiger partial charge >= 0.3 is 0 Å². The molecule has 1 aromatic carbocycles. The predicted octanol–water partition coefficient (Wildman–Crippen LogP) is 2.10. The summed E-state index contributed by atoms with van der Waals surface area (Å²) in [6, 6.07) is 6.42. The largest absolute Gasteiger partial charge is 0.381 e. The van der Waals surface area contributed by atoms with Crippen LogP contribution in [0.3, 0.4) is 0 Å². The first-order valence-corrected chi connectivity index (χ1v) is 6.95. The van der Waals surface area contributed by atoms with E-state index in [0.717, 1.165) is 29.5 Å². The van der Waals surface area contributed by atoms with Crippen LogP contribution in [0.25, 0.3) is 0 Å². The molecule has 1 aromatic rings. The van der Waals surface area contributed by atoms with E-state index in [1.54, 1.807) is 12.1 Å². The average molecular weight is 312 g/mol. The Morgan fingerprint density at radius 2 is 2.33 bits per heavy atom. The number of rotatable bonds is 3. The van der Waals surface area contributed by atoms with Crippen molar-refractivity contribution in [2.24, 2.45) is 5.73 Å². The van der Waals surface area contributed by atoms with E-state index >= 15 is 0 Å². The molecular weight excluding hydrogens is 294 g/mol. The maximum absolute atomic E-state index is 11.1. The summed E-state index contributed by atoms with van der Waals surface area (Å²) in [5.41, 5.74) is 6.78. The summed E-state index contributed by atoms with van der Waals surface area (Å²) >= 11 is 3.47. The first-order valence-electron chi connectivity index (χ1n) is 6.15. The number of primary amides is 1. The fourth-order valence-electron chi connectivity index (χ4n) is 2.27. The zero-order valence-corrected chi connectivity index (χ0v) is 12.0. The van der Waals surface area contributed by atoms with Gasteiger partial charge in [0.2, 0.25) is 5.91 Å². The highest BCUT2D eigenvalue weighted by atomic mass is 79.9. The minimum absolute atomic E-state index is 0.405. The third kappa shape index (κ3) is 3.23. The molecule has 98 valence electrons. The van der Waals surface area contributed by atoms with E-state index in [0.29, 0.717) is 17.6 Å². The van der Waals surface area contributed by atoms with Crippen molar-refractivity contribution < 1.29 is 4.79 Å². The van der Waals surface area contributed by atoms with Gasteiger partial charge in [0.15, 0.2) is 0 Å². The second-order valence-electron chi connectivity index (χ2n) is 4.78. The number of hydrogen-bond acceptors (Lipinski definition) is 3. The fraction of sp³-hybridized carbons (Fsp3) is 0.462. The molecule has 5 heteroatoms. The molecule has 2 rings (SSSR count). The van der Waals surface area contributed by atoms with E-state index in [-0.39, 0.29) is 0 Å². The lowest BCUT2D eigenvalue weighted by atomic mass is 10.0. The van der Waals surface area contributed by atoms with E-state index in [1.165, 1.54) is 0 Å². The highest BCUT2D eigenvalue weighted by Gasteiger charge is 2.18. The Balaban J connectivity index is 2.07. The second kappa shape index (κ2) is 5.71. The molecule has 1 saturated heterocycles. The lowest BCUT2D eigenvalue weighted by molar-refractivity contribution is 0.100. The van der Waals surface area contributed by atoms with Gasteiger partial charge in [0.25, 0.3) is 0 Å². The average Bonchev–Trinajstić information content (AvgIpc) is 2.31. The number of carbonyl (C=O) groups is 1. The van der Waals surface area contributed by atoms with Gasteiger partial charge in [0.1, 0.15) is 0 Å². The molecule has 4 N–H and O–H groups in total. The Hall–Kier alpha value is -1.07. The van der Waals surface area contributed by atoms with Crippen molar-refractivity contribution in [3.05, 3.63) is 28.2 Å². The molecule has 1 fully saturated rings. The zero-order valence-electron chi connectivity index (χ0n) is 10.4. The molecule has 1 heterocycles. The molecule has 2 unspecified atom stereocenters. The van der Waals surface area contributed by atoms with Gasteiger partial charge in [-0.15, -0.1) is 0 Å². The highest BCUT2D eigenvalue weighted by Crippen LogP contribution is 2.26. The highest BCUT2D eigenvalue weighted by molar-refractivity contribution is 9.10. The molecule has 0 radical (unpaired) electrons. The topological polar surface area (TPSA) is 67.1 Å². The Bertz CT molecular complexity index is 450. The first-order chi connectivity index (χ1) is 8.56. The number of nitrogens with two attached hydrogens (primary N) is 1. The molecule has 0 spiro atoms. The van der Waals surface area contributed by atoms with Gasteiger partial charge in [0.05, 0.1) is 0 Å². The third-order valence-electron chi connectivity index (χ3n) is 3.24. The summed E-state index contributed by atoms with van der Waals surface area (Å²) in [5.74, 6) is -0.405. The Morgan fingerprint density at radius 3 is 2.94 bits per heavy atom. The van der Waals surface area contributed by atoms with Gasteiger partial charge in [-0.3, -0.25) is 4.79 Å². The molecule has 4 nitrogen and oxygen atoms in total. The van der Waals surface area contributed by atoms with Crippen LogP contribution in [0.15, 0.2) is 22.7 Å². The van der Waals surface area contributed by atoms with Crippen molar-refractivity contribution in [1.29, 1.82) is 0 Å². The van der Waals surface area contributed by atoms with Gasteiger partial charge < -0.3 is 16.4 Å². The minimum atomic E-state index is -0.405. The molecule has 0 saturated carbocycles. The van der Waals surface area contributed by atoms with Crippen molar-refractivity contribution in [3.63, 3.8) is 0 Å². The maximum Gasteiger partial charge on any atom is 0.248 e. The quantitative estimate of drug-likeness (QED) is 0.801. The van der Waals surface area contributed by atoms with E-state index in [1.807, 2.05) is 6.07 Å². The molecule has 18 heavy (non-hydrogen) atoms. The van der Waals surface area contributed by atoms with Crippen LogP contribution < -0.4 is 16.4 Å². The molecule has 0 aromatic heterocycles. The standard InChI is InChI=1S/C13H18BrN3O/c1-8-6-10(4-5-16-8)17-12-3-2-9(13(15)18)7-11(12)14/h2-3,7-8,10,16-17H,4-6H2,1H3,(H2,15,18). The summed E-state index contributed by atoms with van der Waals surface area (Å²) in [6.45, 7) is 3.23. The summed E-state index contributed by atoms with van der Waals surface area (Å²) in [6.07, 6.45) is 2.21. The molecule has 2 atom stereocenters. The van der Waals surface area contributed by atoms with Crippen LogP contribution in [-0.4, -0.2) is 24.5 Å². The van der Waals surface area contributed by atoms with E-state index in [2.05, 4.69) is 33.5 Å². The number of nitrogens with one attached hydrogen (secondary N) is 2. The minimum Gasteiger partial charge on any atom is -0.381 e. The van der Waals surface area contributed by atoms with Crippen LogP contribution in [0.1, 0.15) is 30.1 Å². The van der Waals surface area contributed by atoms with Crippen molar-refractivity contribution in [2.75, 3.05) is 11.9 Å². The molecule has 0 bridgehead atoms. The third-order valence-corrected chi connectivity index (χ3v) is 3.89. The van der Waals surface area contributed by atoms with Gasteiger partial charge in [-0.1, -0.05) is 0 Å². The number of piperidine rings is 1. The smallest absolute Gasteiger partial charge is 0.248 e. The van der Waals surface area contributed by atoms with E-state index in [9.17, 15) is 4.79 Å². The van der Waals surface area contributed by atoms with Gasteiger partial charge in [-0.05, 0) is 60.4 Å². The summed E-state index contributed by atoms with van der Waals surface area (Å²) in [4.78, 5) is 11.1. The number of amides is 1. The lowest BCUT2D eigenvalue weighted by Gasteiger charge is -2.29. The van der Waals surface area contributed by atoms with Crippen molar-refractivity contribution >= 4 is 27.5 Å². The van der Waals surface area contributed by atoms with Crippen LogP contribution in [0.4, 0.5) is 5.69 Å². The molecule has 1 amide bonds. The molecule has 0 aliphatic carbocycles. The van der Waals surface area contributed by atoms with Crippen LogP contribution in [0, 0.1) is 0 Å². The zero-order chi connectivity index (χ0) is 13.1. The van der Waals surface area contributed by atoms with Gasteiger partial charge in [-0.2, -0.15) is 0 Å². The normalized spacial score (nSPS) is 23.7. The molecular formula is C13H18BrN3O. The van der Waals surface area contributed by atoms with Gasteiger partial charge in [0, 0.05) is 27.8 Å². The van der Waals surface area contributed by atoms with E-state index < -0.39 is 5.91 Å². The van der Waals surface area contributed by atoms with Crippen LogP contribution in [0.2, 0.25) is 0 Å². The van der Waals surface area contributed by atoms with Crippen molar-refractivity contribution in [1.82, 2.24) is 5.32 Å². The Labute approximate surface area is 115 Å². The lowest BCUT2D eigenvalue weighted by Crippen LogP contribution is -2.41. The number of benzene rings is 1. The summed E-state index contributed by atoms with van der Waals surface area (Å²) in [7, 11) is 0. The predicted molar refractivity (Wildman–Crippen MR) is 76.8 cm³/mol. The van der Waals surface area contributed by atoms with Crippen molar-refractivity contribution in [3.8, 4) is 0 Å². The first kappa shape index (κ1) is 13.4. The fourth-order valence-corrected chi connectivity index (χ4v) is 2.76. The SMILES string of the molecule is CC1CC(Nc2ccc(C(N)=O)cc2Br)CCN1. The molecule has 1 aliphatic heterocycles. The van der Waals surface area contributed by atoms with Crippen LogP contribution in [-0.2, 0) is 0 Å². The maximum atomic E-state index is 11.1. The number of halogens is 1. The number of carbonyl (C=O) groups excluding carboxylic acids is 1. The number of hydrogen-bond donors (Lipinski definition) is 3.